The Morgan fingerprint density at radius 1 is 1.56 bits per heavy atom. The molecule has 0 fully saturated rings. The summed E-state index contributed by atoms with van der Waals surface area (Å²) >= 11 is 0. The largest absolute Gasteiger partial charge is 0.735 e. The molecule has 0 heterocycles. The number of rotatable bonds is 3. The van der Waals surface area contributed by atoms with Crippen LogP contribution in [0.15, 0.2) is 0 Å². The number of carbonyl (C=O) groups excluding carboxylic acids is 1. The highest BCUT2D eigenvalue weighted by Gasteiger charge is 1.90. The second-order valence-electron chi connectivity index (χ2n) is 1.15. The molecule has 0 bridgehead atoms. The van der Waals surface area contributed by atoms with E-state index in [1.807, 2.05) is 0 Å². The van der Waals surface area contributed by atoms with Crippen molar-refractivity contribution >= 4 is 16.3 Å². The van der Waals surface area contributed by atoms with Crippen LogP contribution in [0, 0.1) is 0 Å². The lowest BCUT2D eigenvalue weighted by Gasteiger charge is -2.07. The van der Waals surface area contributed by atoms with Crippen molar-refractivity contribution in [1.29, 1.82) is 0 Å². The van der Waals surface area contributed by atoms with E-state index >= 15 is 0 Å². The molecule has 9 heavy (non-hydrogen) atoms. The average molecular weight is 153 g/mol. The van der Waals surface area contributed by atoms with Crippen molar-refractivity contribution in [3.8, 4) is 0 Å². The minimum atomic E-state index is -4.64. The smallest absolute Gasteiger partial charge is 0.159 e. The van der Waals surface area contributed by atoms with Crippen LogP contribution in [-0.4, -0.2) is 25.5 Å². The fourth-order valence-corrected chi connectivity index (χ4v) is 0.442. The minimum Gasteiger partial charge on any atom is -0.735 e. The summed E-state index contributed by atoms with van der Waals surface area (Å²) in [5, 5.41) is 9.47. The van der Waals surface area contributed by atoms with Gasteiger partial charge in [-0.3, -0.25) is 0 Å². The molecule has 0 rings (SSSR count). The number of carboxylic acids is 1. The van der Waals surface area contributed by atoms with Gasteiger partial charge in [-0.05, 0) is 0 Å². The standard InChI is InChI=1S/C2H5NO5S/c4-2(5)1-3-9(6,7)8/h3H,1H2,(H,4,5)(H,6,7,8)/p-2. The van der Waals surface area contributed by atoms with Gasteiger partial charge in [-0.25, -0.2) is 13.1 Å². The maximum Gasteiger partial charge on any atom is 0.159 e. The molecule has 0 aliphatic rings. The van der Waals surface area contributed by atoms with Gasteiger partial charge in [-0.2, -0.15) is 0 Å². The Balaban J connectivity index is 3.67. The molecule has 0 aromatic rings. The summed E-state index contributed by atoms with van der Waals surface area (Å²) in [7, 11) is -4.64. The Morgan fingerprint density at radius 3 is 2.11 bits per heavy atom. The van der Waals surface area contributed by atoms with Crippen LogP contribution in [0.25, 0.3) is 0 Å². The molecule has 7 heteroatoms. The van der Waals surface area contributed by atoms with Crippen LogP contribution < -0.4 is 9.83 Å². The lowest BCUT2D eigenvalue weighted by atomic mass is 10.7. The van der Waals surface area contributed by atoms with Crippen molar-refractivity contribution < 1.29 is 22.9 Å². The zero-order chi connectivity index (χ0) is 7.49. The number of aliphatic carboxylic acids is 1. The quantitative estimate of drug-likeness (QED) is 0.429. The number of hydrogen-bond donors (Lipinski definition) is 1. The number of carbonyl (C=O) groups is 1. The fraction of sp³-hybridized carbons (Fsp3) is 0.500. The van der Waals surface area contributed by atoms with Gasteiger partial charge in [0.2, 0.25) is 0 Å². The first-order valence-corrected chi connectivity index (χ1v) is 3.23. The second kappa shape index (κ2) is 2.76. The van der Waals surface area contributed by atoms with Crippen LogP contribution in [0.5, 0.6) is 0 Å². The molecule has 54 valence electrons. The van der Waals surface area contributed by atoms with Gasteiger partial charge in [0.1, 0.15) is 0 Å². The second-order valence-corrected chi connectivity index (χ2v) is 2.34. The van der Waals surface area contributed by atoms with Crippen LogP contribution in [0.1, 0.15) is 0 Å². The minimum absolute atomic E-state index is 0.980. The van der Waals surface area contributed by atoms with Crippen molar-refractivity contribution in [3.63, 3.8) is 0 Å². The van der Waals surface area contributed by atoms with Crippen molar-refractivity contribution in [3.05, 3.63) is 0 Å². The topological polar surface area (TPSA) is 109 Å². The van der Waals surface area contributed by atoms with Crippen LogP contribution in [0.4, 0.5) is 0 Å². The summed E-state index contributed by atoms with van der Waals surface area (Å²) in [5.41, 5.74) is 0. The zero-order valence-corrected chi connectivity index (χ0v) is 4.97. The van der Waals surface area contributed by atoms with Crippen molar-refractivity contribution in [2.75, 3.05) is 6.54 Å². The van der Waals surface area contributed by atoms with E-state index in [1.54, 1.807) is 0 Å². The molecule has 0 aromatic carbocycles. The third kappa shape index (κ3) is 7.34. The van der Waals surface area contributed by atoms with Crippen molar-refractivity contribution in [2.45, 2.75) is 0 Å². The van der Waals surface area contributed by atoms with Gasteiger partial charge in [-0.15, -0.1) is 0 Å². The zero-order valence-electron chi connectivity index (χ0n) is 4.16. The number of carboxylic acid groups (broad SMARTS) is 1. The molecular weight excluding hydrogens is 150 g/mol. The molecule has 0 aromatic heterocycles. The summed E-state index contributed by atoms with van der Waals surface area (Å²) in [6.45, 7) is -0.980. The predicted molar refractivity (Wildman–Crippen MR) is 22.7 cm³/mol. The molecule has 0 amide bonds. The highest BCUT2D eigenvalue weighted by Crippen LogP contribution is 1.67. The first kappa shape index (κ1) is 8.34. The van der Waals surface area contributed by atoms with Crippen LogP contribution in [0.3, 0.4) is 0 Å². The van der Waals surface area contributed by atoms with Crippen LogP contribution in [0.2, 0.25) is 0 Å². The molecule has 0 aliphatic heterocycles. The van der Waals surface area contributed by atoms with Gasteiger partial charge in [0.05, 0.1) is 5.97 Å². The van der Waals surface area contributed by atoms with Gasteiger partial charge in [0, 0.05) is 6.54 Å². The highest BCUT2D eigenvalue weighted by molar-refractivity contribution is 7.83. The Morgan fingerprint density at radius 2 is 2.00 bits per heavy atom. The summed E-state index contributed by atoms with van der Waals surface area (Å²) in [4.78, 5) is 9.47. The predicted octanol–water partition coefficient (Wildman–Crippen LogP) is -3.21. The van der Waals surface area contributed by atoms with E-state index in [0.29, 0.717) is 0 Å². The van der Waals surface area contributed by atoms with E-state index in [4.69, 9.17) is 0 Å². The Bertz CT molecular complexity index is 193. The van der Waals surface area contributed by atoms with Gasteiger partial charge in [0.25, 0.3) is 0 Å². The summed E-state index contributed by atoms with van der Waals surface area (Å²) in [6.07, 6.45) is 0. The molecule has 0 spiro atoms. The molecular formula is C2H3NO5S-2. The van der Waals surface area contributed by atoms with E-state index in [0.717, 1.165) is 0 Å². The van der Waals surface area contributed by atoms with Crippen molar-refractivity contribution in [2.24, 2.45) is 0 Å². The lowest BCUT2D eigenvalue weighted by Crippen LogP contribution is -2.37. The Hall–Kier alpha value is -0.660. The summed E-state index contributed by atoms with van der Waals surface area (Å²) in [5.74, 6) is -1.64. The fourth-order valence-electron chi connectivity index (χ4n) is 0.147. The molecule has 0 aliphatic carbocycles. The van der Waals surface area contributed by atoms with Gasteiger partial charge in [-0.1, -0.05) is 0 Å². The Labute approximate surface area is 51.4 Å². The van der Waals surface area contributed by atoms with Crippen LogP contribution in [-0.2, 0) is 15.1 Å². The van der Waals surface area contributed by atoms with Gasteiger partial charge < -0.3 is 14.5 Å². The Kier molecular flexibility index (Phi) is 2.56. The molecule has 1 N–H and O–H groups in total. The molecule has 0 saturated carbocycles. The summed E-state index contributed by atoms with van der Waals surface area (Å²) in [6, 6.07) is 0. The maximum atomic E-state index is 9.58. The number of hydrogen-bond acceptors (Lipinski definition) is 5. The first-order chi connectivity index (χ1) is 3.92. The van der Waals surface area contributed by atoms with Crippen LogP contribution >= 0.6 is 0 Å². The van der Waals surface area contributed by atoms with E-state index in [9.17, 15) is 22.9 Å². The monoisotopic (exact) mass is 153 g/mol. The highest BCUT2D eigenvalue weighted by atomic mass is 32.2. The van der Waals surface area contributed by atoms with Crippen molar-refractivity contribution in [1.82, 2.24) is 4.72 Å². The first-order valence-electron chi connectivity index (χ1n) is 1.82. The lowest BCUT2D eigenvalue weighted by molar-refractivity contribution is -0.303. The van der Waals surface area contributed by atoms with E-state index in [-0.39, 0.29) is 0 Å². The van der Waals surface area contributed by atoms with E-state index < -0.39 is 22.8 Å². The van der Waals surface area contributed by atoms with Gasteiger partial charge >= 0.3 is 0 Å². The molecule has 0 atom stereocenters. The number of nitrogens with one attached hydrogen (secondary N) is 1. The normalized spacial score (nSPS) is 11.2. The van der Waals surface area contributed by atoms with Gasteiger partial charge in [0.15, 0.2) is 10.3 Å². The maximum absolute atomic E-state index is 9.58. The third-order valence-corrected chi connectivity index (χ3v) is 0.891. The van der Waals surface area contributed by atoms with E-state index in [2.05, 4.69) is 0 Å². The SMILES string of the molecule is O=C([O-])CNS(=O)(=O)[O-]. The molecule has 6 nitrogen and oxygen atoms in total. The third-order valence-electron chi connectivity index (χ3n) is 0.393. The molecule has 0 saturated heterocycles. The van der Waals surface area contributed by atoms with E-state index in [1.165, 1.54) is 4.72 Å². The molecule has 0 unspecified atom stereocenters. The molecule has 0 radical (unpaired) electrons. The summed E-state index contributed by atoms with van der Waals surface area (Å²) < 4.78 is 29.9. The average Bonchev–Trinajstić information content (AvgIpc) is 1.59.